The van der Waals surface area contributed by atoms with Crippen LogP contribution in [0.25, 0.3) is 0 Å². The molecule has 0 aromatic heterocycles. The summed E-state index contributed by atoms with van der Waals surface area (Å²) < 4.78 is 0.671. The second-order valence-electron chi connectivity index (χ2n) is 4.12. The molecule has 1 aromatic rings. The molecule has 88 valence electrons. The molecule has 0 saturated heterocycles. The molecule has 0 fully saturated rings. The van der Waals surface area contributed by atoms with E-state index >= 15 is 0 Å². The smallest absolute Gasteiger partial charge is 0.251 e. The topological polar surface area (TPSA) is 49.3 Å². The van der Waals surface area contributed by atoms with Gasteiger partial charge < -0.3 is 10.4 Å². The van der Waals surface area contributed by atoms with Gasteiger partial charge in [-0.2, -0.15) is 0 Å². The fourth-order valence-corrected chi connectivity index (χ4v) is 1.53. The zero-order valence-electron chi connectivity index (χ0n) is 9.05. The van der Waals surface area contributed by atoms with E-state index in [9.17, 15) is 9.90 Å². The highest BCUT2D eigenvalue weighted by molar-refractivity contribution is 9.10. The summed E-state index contributed by atoms with van der Waals surface area (Å²) in [7, 11) is 0. The highest BCUT2D eigenvalue weighted by atomic mass is 79.9. The molecule has 0 atom stereocenters. The number of benzene rings is 1. The van der Waals surface area contributed by atoms with Crippen LogP contribution < -0.4 is 5.32 Å². The predicted molar refractivity (Wildman–Crippen MR) is 67.8 cm³/mol. The van der Waals surface area contributed by atoms with Crippen molar-refractivity contribution in [1.29, 1.82) is 0 Å². The van der Waals surface area contributed by atoms with Crippen LogP contribution in [0.2, 0.25) is 5.02 Å². The lowest BCUT2D eigenvalue weighted by Gasteiger charge is -2.17. The van der Waals surface area contributed by atoms with Gasteiger partial charge in [-0.15, -0.1) is 0 Å². The van der Waals surface area contributed by atoms with Crippen molar-refractivity contribution in [3.05, 3.63) is 33.3 Å². The Bertz CT molecular complexity index is 401. The molecule has 16 heavy (non-hydrogen) atoms. The van der Waals surface area contributed by atoms with Gasteiger partial charge >= 0.3 is 0 Å². The van der Waals surface area contributed by atoms with E-state index in [1.807, 2.05) is 0 Å². The van der Waals surface area contributed by atoms with Crippen molar-refractivity contribution in [1.82, 2.24) is 5.32 Å². The molecule has 1 aromatic carbocycles. The van der Waals surface area contributed by atoms with E-state index in [1.54, 1.807) is 32.0 Å². The zero-order chi connectivity index (χ0) is 12.3. The van der Waals surface area contributed by atoms with E-state index in [1.165, 1.54) is 0 Å². The van der Waals surface area contributed by atoms with Gasteiger partial charge in [-0.1, -0.05) is 11.6 Å². The van der Waals surface area contributed by atoms with Gasteiger partial charge in [0.15, 0.2) is 0 Å². The first-order chi connectivity index (χ1) is 7.29. The van der Waals surface area contributed by atoms with Crippen LogP contribution in [-0.4, -0.2) is 23.2 Å². The maximum Gasteiger partial charge on any atom is 0.251 e. The predicted octanol–water partition coefficient (Wildman–Crippen LogP) is 2.60. The highest BCUT2D eigenvalue weighted by Crippen LogP contribution is 2.23. The van der Waals surface area contributed by atoms with Crippen LogP contribution in [0.5, 0.6) is 0 Å². The van der Waals surface area contributed by atoms with Gasteiger partial charge in [-0.25, -0.2) is 0 Å². The number of hydrogen-bond acceptors (Lipinski definition) is 2. The molecule has 0 saturated carbocycles. The number of rotatable bonds is 3. The highest BCUT2D eigenvalue weighted by Gasteiger charge is 2.15. The summed E-state index contributed by atoms with van der Waals surface area (Å²) in [5, 5.41) is 12.7. The number of aliphatic hydroxyl groups is 1. The summed E-state index contributed by atoms with van der Waals surface area (Å²) in [5.74, 6) is -0.237. The molecule has 1 rings (SSSR count). The third-order valence-electron chi connectivity index (χ3n) is 1.86. The zero-order valence-corrected chi connectivity index (χ0v) is 11.4. The van der Waals surface area contributed by atoms with Crippen LogP contribution >= 0.6 is 27.5 Å². The third-order valence-corrected chi connectivity index (χ3v) is 3.08. The molecule has 2 N–H and O–H groups in total. The van der Waals surface area contributed by atoms with Gasteiger partial charge in [0.1, 0.15) is 0 Å². The largest absolute Gasteiger partial charge is 0.389 e. The van der Waals surface area contributed by atoms with E-state index < -0.39 is 5.60 Å². The van der Waals surface area contributed by atoms with Gasteiger partial charge in [0.2, 0.25) is 0 Å². The van der Waals surface area contributed by atoms with Crippen LogP contribution in [0.4, 0.5) is 0 Å². The SMILES string of the molecule is CC(C)(O)CNC(=O)c1ccc(Cl)c(Br)c1. The molecule has 0 aliphatic heterocycles. The van der Waals surface area contributed by atoms with E-state index in [2.05, 4.69) is 21.2 Å². The second kappa shape index (κ2) is 5.17. The van der Waals surface area contributed by atoms with Gasteiger partial charge in [-0.3, -0.25) is 4.79 Å². The summed E-state index contributed by atoms with van der Waals surface area (Å²) >= 11 is 9.06. The van der Waals surface area contributed by atoms with Crippen molar-refractivity contribution >= 4 is 33.4 Å². The molecule has 0 spiro atoms. The Labute approximate surface area is 108 Å². The molecule has 5 heteroatoms. The Balaban J connectivity index is 2.70. The van der Waals surface area contributed by atoms with Crippen molar-refractivity contribution < 1.29 is 9.90 Å². The molecule has 1 amide bonds. The van der Waals surface area contributed by atoms with E-state index in [0.29, 0.717) is 15.1 Å². The van der Waals surface area contributed by atoms with E-state index in [0.717, 1.165) is 0 Å². The standard InChI is InChI=1S/C11H13BrClNO2/c1-11(2,16)6-14-10(15)7-3-4-9(13)8(12)5-7/h3-5,16H,6H2,1-2H3,(H,14,15). The maximum atomic E-state index is 11.7. The second-order valence-corrected chi connectivity index (χ2v) is 5.39. The Hall–Kier alpha value is -0.580. The summed E-state index contributed by atoms with van der Waals surface area (Å²) in [5.41, 5.74) is -0.417. The van der Waals surface area contributed by atoms with Gasteiger partial charge in [0.25, 0.3) is 5.91 Å². The van der Waals surface area contributed by atoms with Crippen molar-refractivity contribution in [3.8, 4) is 0 Å². The van der Waals surface area contributed by atoms with Crippen molar-refractivity contribution in [2.45, 2.75) is 19.4 Å². The fraction of sp³-hybridized carbons (Fsp3) is 0.364. The quantitative estimate of drug-likeness (QED) is 0.902. The molecular formula is C11H13BrClNO2. The summed E-state index contributed by atoms with van der Waals surface area (Å²) in [6.07, 6.45) is 0. The first-order valence-electron chi connectivity index (χ1n) is 4.75. The monoisotopic (exact) mass is 305 g/mol. The van der Waals surface area contributed by atoms with Gasteiger partial charge in [-0.05, 0) is 48.0 Å². The average molecular weight is 307 g/mol. The summed E-state index contributed by atoms with van der Waals surface area (Å²) in [6, 6.07) is 4.92. The minimum atomic E-state index is -0.917. The number of halogens is 2. The minimum Gasteiger partial charge on any atom is -0.389 e. The molecule has 0 unspecified atom stereocenters. The van der Waals surface area contributed by atoms with E-state index in [-0.39, 0.29) is 12.5 Å². The number of carbonyl (C=O) groups excluding carboxylic acids is 1. The summed E-state index contributed by atoms with van der Waals surface area (Å²) in [4.78, 5) is 11.7. The van der Waals surface area contributed by atoms with Crippen LogP contribution in [-0.2, 0) is 0 Å². The number of amides is 1. The van der Waals surface area contributed by atoms with Crippen LogP contribution in [0.15, 0.2) is 22.7 Å². The molecule has 0 aliphatic rings. The maximum absolute atomic E-state index is 11.7. The lowest BCUT2D eigenvalue weighted by molar-refractivity contribution is 0.0694. The third kappa shape index (κ3) is 4.12. The molecule has 3 nitrogen and oxygen atoms in total. The van der Waals surface area contributed by atoms with Crippen LogP contribution in [0.3, 0.4) is 0 Å². The average Bonchev–Trinajstić information content (AvgIpc) is 2.17. The molecule has 0 heterocycles. The molecule has 0 bridgehead atoms. The first-order valence-corrected chi connectivity index (χ1v) is 5.92. The first kappa shape index (κ1) is 13.5. The minimum absolute atomic E-state index is 0.200. The number of hydrogen-bond donors (Lipinski definition) is 2. The van der Waals surface area contributed by atoms with Crippen molar-refractivity contribution in [2.24, 2.45) is 0 Å². The molecule has 0 aliphatic carbocycles. The normalized spacial score (nSPS) is 11.3. The number of nitrogens with one attached hydrogen (secondary N) is 1. The Morgan fingerprint density at radius 3 is 2.69 bits per heavy atom. The van der Waals surface area contributed by atoms with E-state index in [4.69, 9.17) is 11.6 Å². The molecule has 0 radical (unpaired) electrons. The molecular weight excluding hydrogens is 293 g/mol. The van der Waals surface area contributed by atoms with Gasteiger partial charge in [0, 0.05) is 16.6 Å². The van der Waals surface area contributed by atoms with Crippen LogP contribution in [0, 0.1) is 0 Å². The lowest BCUT2D eigenvalue weighted by atomic mass is 10.1. The van der Waals surface area contributed by atoms with Crippen molar-refractivity contribution in [3.63, 3.8) is 0 Å². The van der Waals surface area contributed by atoms with Crippen LogP contribution in [0.1, 0.15) is 24.2 Å². The van der Waals surface area contributed by atoms with Gasteiger partial charge in [0.05, 0.1) is 10.6 Å². The summed E-state index contributed by atoms with van der Waals surface area (Å²) in [6.45, 7) is 3.46. The van der Waals surface area contributed by atoms with Crippen molar-refractivity contribution in [2.75, 3.05) is 6.54 Å². The Morgan fingerprint density at radius 1 is 1.56 bits per heavy atom. The lowest BCUT2D eigenvalue weighted by Crippen LogP contribution is -2.38. The fourth-order valence-electron chi connectivity index (χ4n) is 1.04. The number of carbonyl (C=O) groups is 1. The Kier molecular flexibility index (Phi) is 4.35. The Morgan fingerprint density at radius 2 is 2.19 bits per heavy atom.